The number of amides is 1. The third kappa shape index (κ3) is 4.92. The van der Waals surface area contributed by atoms with Gasteiger partial charge < -0.3 is 29.8 Å². The molecule has 3 fully saturated rings. The molecule has 0 atom stereocenters. The van der Waals surface area contributed by atoms with Crippen LogP contribution in [0.4, 0.5) is 10.3 Å². The second kappa shape index (κ2) is 10.3. The fourth-order valence-corrected chi connectivity index (χ4v) is 4.86. The standard InChI is InChI=1S/C28H31FN6O5/c1-27(25(37)38-14-17-4-5-17)15-39-28(23(30)36,40-16-27)24-33-21(18-6-8-19(29)9-7-18)22(34-24)20-10-11-31-26(32-20)35-12-2-3-13-35/h6-11,17H,2-5,12-16H2,1H3,(H2,30,36)(H,33,34). The van der Waals surface area contributed by atoms with Crippen molar-refractivity contribution in [1.29, 1.82) is 0 Å². The third-order valence-corrected chi connectivity index (χ3v) is 7.57. The zero-order chi connectivity index (χ0) is 27.9. The molecule has 6 rings (SSSR count). The van der Waals surface area contributed by atoms with E-state index in [0.717, 1.165) is 38.8 Å². The van der Waals surface area contributed by atoms with Crippen molar-refractivity contribution in [1.82, 2.24) is 19.9 Å². The van der Waals surface area contributed by atoms with E-state index in [1.165, 1.54) is 12.1 Å². The van der Waals surface area contributed by atoms with Gasteiger partial charge in [-0.3, -0.25) is 9.59 Å². The van der Waals surface area contributed by atoms with Crippen LogP contribution in [0.5, 0.6) is 0 Å². The number of benzene rings is 1. The number of nitrogens with two attached hydrogens (primary N) is 1. The van der Waals surface area contributed by atoms with E-state index >= 15 is 0 Å². The number of esters is 1. The maximum atomic E-state index is 13.8. The molecule has 0 spiro atoms. The van der Waals surface area contributed by atoms with E-state index in [9.17, 15) is 14.0 Å². The summed E-state index contributed by atoms with van der Waals surface area (Å²) in [4.78, 5) is 44.7. The maximum absolute atomic E-state index is 13.8. The molecule has 1 aromatic carbocycles. The van der Waals surface area contributed by atoms with Crippen LogP contribution in [0.15, 0.2) is 36.5 Å². The minimum absolute atomic E-state index is 0.0101. The van der Waals surface area contributed by atoms with Crippen LogP contribution in [0.25, 0.3) is 22.6 Å². The van der Waals surface area contributed by atoms with Crippen molar-refractivity contribution in [2.24, 2.45) is 17.1 Å². The SMILES string of the molecule is CC1(C(=O)OCC2CC2)COC(C(N)=O)(c2nc(-c3ccc(F)cc3)c(-c3ccnc(N4CCCC4)n3)[nH]2)OC1. The van der Waals surface area contributed by atoms with Crippen molar-refractivity contribution in [3.63, 3.8) is 0 Å². The first-order valence-electron chi connectivity index (χ1n) is 13.5. The normalized spacial score (nSPS) is 24.7. The van der Waals surface area contributed by atoms with Crippen LogP contribution < -0.4 is 10.6 Å². The summed E-state index contributed by atoms with van der Waals surface area (Å²) in [7, 11) is 0. The van der Waals surface area contributed by atoms with Crippen molar-refractivity contribution >= 4 is 17.8 Å². The number of nitrogens with one attached hydrogen (secondary N) is 1. The highest BCUT2D eigenvalue weighted by molar-refractivity contribution is 5.85. The average Bonchev–Trinajstić information content (AvgIpc) is 3.42. The molecule has 3 aromatic rings. The van der Waals surface area contributed by atoms with Gasteiger partial charge in [0.05, 0.1) is 36.9 Å². The molecule has 0 unspecified atom stereocenters. The number of nitrogens with zero attached hydrogens (tertiary/aromatic N) is 4. The molecule has 0 bridgehead atoms. The largest absolute Gasteiger partial charge is 0.465 e. The van der Waals surface area contributed by atoms with Gasteiger partial charge in [-0.05, 0) is 68.9 Å². The summed E-state index contributed by atoms with van der Waals surface area (Å²) < 4.78 is 31.1. The summed E-state index contributed by atoms with van der Waals surface area (Å²) >= 11 is 0. The van der Waals surface area contributed by atoms with Gasteiger partial charge in [0.1, 0.15) is 11.2 Å². The number of carbonyl (C=O) groups excluding carboxylic acids is 2. The average molecular weight is 551 g/mol. The van der Waals surface area contributed by atoms with E-state index in [2.05, 4.69) is 19.9 Å². The molecule has 1 saturated carbocycles. The zero-order valence-corrected chi connectivity index (χ0v) is 22.2. The van der Waals surface area contributed by atoms with Gasteiger partial charge in [-0.2, -0.15) is 0 Å². The molecule has 40 heavy (non-hydrogen) atoms. The minimum Gasteiger partial charge on any atom is -0.465 e. The van der Waals surface area contributed by atoms with Gasteiger partial charge in [-0.15, -0.1) is 0 Å². The summed E-state index contributed by atoms with van der Waals surface area (Å²) in [6.07, 6.45) is 5.87. The Kier molecular flexibility index (Phi) is 6.75. The molecule has 210 valence electrons. The number of hydrogen-bond donors (Lipinski definition) is 2. The molecule has 12 heteroatoms. The van der Waals surface area contributed by atoms with E-state index in [4.69, 9.17) is 24.9 Å². The number of aromatic amines is 1. The Balaban J connectivity index is 1.36. The Morgan fingerprint density at radius 3 is 2.48 bits per heavy atom. The number of hydrogen-bond acceptors (Lipinski definition) is 9. The molecule has 3 N–H and O–H groups in total. The lowest BCUT2D eigenvalue weighted by molar-refractivity contribution is -0.293. The second-order valence-corrected chi connectivity index (χ2v) is 10.9. The van der Waals surface area contributed by atoms with Crippen LogP contribution in [-0.2, 0) is 29.6 Å². The highest BCUT2D eigenvalue weighted by Gasteiger charge is 2.54. The lowest BCUT2D eigenvalue weighted by Crippen LogP contribution is -2.56. The number of carbonyl (C=O) groups is 2. The molecule has 3 aliphatic rings. The van der Waals surface area contributed by atoms with Crippen LogP contribution in [0.3, 0.4) is 0 Å². The fourth-order valence-electron chi connectivity index (χ4n) is 4.86. The monoisotopic (exact) mass is 550 g/mol. The van der Waals surface area contributed by atoms with Crippen molar-refractivity contribution < 1.29 is 28.2 Å². The maximum Gasteiger partial charge on any atom is 0.316 e. The number of aromatic nitrogens is 4. The first-order chi connectivity index (χ1) is 19.3. The van der Waals surface area contributed by atoms with Crippen molar-refractivity contribution in [2.45, 2.75) is 38.4 Å². The van der Waals surface area contributed by atoms with Gasteiger partial charge in [-0.1, -0.05) is 0 Å². The summed E-state index contributed by atoms with van der Waals surface area (Å²) in [6.45, 7) is 3.39. The lowest BCUT2D eigenvalue weighted by Gasteiger charge is -2.40. The quantitative estimate of drug-likeness (QED) is 0.404. The number of halogens is 1. The van der Waals surface area contributed by atoms with Gasteiger partial charge in [0.2, 0.25) is 5.95 Å². The van der Waals surface area contributed by atoms with Crippen LogP contribution in [0.2, 0.25) is 0 Å². The Morgan fingerprint density at radius 2 is 1.82 bits per heavy atom. The smallest absolute Gasteiger partial charge is 0.316 e. The van der Waals surface area contributed by atoms with E-state index in [1.807, 2.05) is 0 Å². The van der Waals surface area contributed by atoms with E-state index < -0.39 is 28.9 Å². The zero-order valence-electron chi connectivity index (χ0n) is 22.2. The highest BCUT2D eigenvalue weighted by atomic mass is 19.1. The molecular weight excluding hydrogens is 519 g/mol. The molecule has 2 aromatic heterocycles. The van der Waals surface area contributed by atoms with Crippen LogP contribution in [0, 0.1) is 17.2 Å². The third-order valence-electron chi connectivity index (χ3n) is 7.57. The number of H-pyrrole nitrogens is 1. The van der Waals surface area contributed by atoms with Crippen LogP contribution in [-0.4, -0.2) is 64.7 Å². The van der Waals surface area contributed by atoms with Crippen molar-refractivity contribution in [3.8, 4) is 22.6 Å². The van der Waals surface area contributed by atoms with Gasteiger partial charge in [0, 0.05) is 24.8 Å². The summed E-state index contributed by atoms with van der Waals surface area (Å²) in [6, 6.07) is 7.51. The number of primary amides is 1. The molecule has 1 aliphatic carbocycles. The Labute approximate surface area is 230 Å². The Bertz CT molecular complexity index is 1410. The summed E-state index contributed by atoms with van der Waals surface area (Å²) in [5.74, 6) is -2.92. The first kappa shape index (κ1) is 26.3. The van der Waals surface area contributed by atoms with Gasteiger partial charge >= 0.3 is 11.8 Å². The first-order valence-corrected chi connectivity index (χ1v) is 13.5. The van der Waals surface area contributed by atoms with E-state index in [-0.39, 0.29) is 19.0 Å². The molecule has 11 nitrogen and oxygen atoms in total. The van der Waals surface area contributed by atoms with Gasteiger partial charge in [0.15, 0.2) is 5.82 Å². The summed E-state index contributed by atoms with van der Waals surface area (Å²) in [5, 5.41) is 0. The van der Waals surface area contributed by atoms with Gasteiger partial charge in [-0.25, -0.2) is 19.3 Å². The number of ether oxygens (including phenoxy) is 3. The molecule has 0 radical (unpaired) electrons. The molecule has 4 heterocycles. The Morgan fingerprint density at radius 1 is 1.12 bits per heavy atom. The molecule has 2 aliphatic heterocycles. The lowest BCUT2D eigenvalue weighted by atomic mass is 9.91. The number of anilines is 1. The fraction of sp³-hybridized carbons (Fsp3) is 0.464. The van der Waals surface area contributed by atoms with E-state index in [1.54, 1.807) is 31.3 Å². The van der Waals surface area contributed by atoms with Crippen LogP contribution >= 0.6 is 0 Å². The second-order valence-electron chi connectivity index (χ2n) is 10.9. The molecule has 2 saturated heterocycles. The highest BCUT2D eigenvalue weighted by Crippen LogP contribution is 2.40. The molecular formula is C28H31FN6O5. The topological polar surface area (TPSA) is 146 Å². The van der Waals surface area contributed by atoms with Crippen LogP contribution in [0.1, 0.15) is 38.4 Å². The van der Waals surface area contributed by atoms with Crippen molar-refractivity contribution in [2.75, 3.05) is 37.8 Å². The minimum atomic E-state index is -2.09. The van der Waals surface area contributed by atoms with Crippen molar-refractivity contribution in [3.05, 3.63) is 48.2 Å². The predicted molar refractivity (Wildman–Crippen MR) is 141 cm³/mol. The number of imidazole rings is 1. The Hall–Kier alpha value is -3.90. The number of rotatable bonds is 8. The molecule has 1 amide bonds. The van der Waals surface area contributed by atoms with Gasteiger partial charge in [0.25, 0.3) is 5.91 Å². The summed E-state index contributed by atoms with van der Waals surface area (Å²) in [5.41, 5.74) is 6.63. The predicted octanol–water partition coefficient (Wildman–Crippen LogP) is 2.92. The van der Waals surface area contributed by atoms with E-state index in [0.29, 0.717) is 41.1 Å².